The Balaban J connectivity index is 1.79. The zero-order valence-electron chi connectivity index (χ0n) is 14.7. The van der Waals surface area contributed by atoms with Crippen LogP contribution >= 0.6 is 11.8 Å². The maximum Gasteiger partial charge on any atom is 0.281 e. The molecule has 4 rings (SSSR count). The molecule has 1 aromatic rings. The van der Waals surface area contributed by atoms with Gasteiger partial charge in [0.15, 0.2) is 0 Å². The zero-order valence-corrected chi connectivity index (χ0v) is 16.3. The van der Waals surface area contributed by atoms with Crippen LogP contribution in [0.25, 0.3) is 0 Å². The molecule has 2 atom stereocenters. The van der Waals surface area contributed by atoms with E-state index < -0.39 is 10.2 Å². The Hall–Kier alpha value is -0.600. The Morgan fingerprint density at radius 1 is 1.17 bits per heavy atom. The van der Waals surface area contributed by atoms with Gasteiger partial charge in [0, 0.05) is 51.2 Å². The van der Waals surface area contributed by atoms with Crippen molar-refractivity contribution in [1.29, 1.82) is 0 Å². The quantitative estimate of drug-likeness (QED) is 0.746. The number of hydrogen-bond donors (Lipinski definition) is 0. The molecule has 1 aromatic carbocycles. The number of rotatable bonds is 5. The summed E-state index contributed by atoms with van der Waals surface area (Å²) in [6.07, 6.45) is 4.33. The van der Waals surface area contributed by atoms with Crippen molar-refractivity contribution < 1.29 is 8.42 Å². The van der Waals surface area contributed by atoms with Gasteiger partial charge in [-0.25, -0.2) is 0 Å². The summed E-state index contributed by atoms with van der Waals surface area (Å²) in [6, 6.07) is 8.84. The summed E-state index contributed by atoms with van der Waals surface area (Å²) in [5.41, 5.74) is 1.35. The van der Waals surface area contributed by atoms with Gasteiger partial charge in [-0.3, -0.25) is 4.90 Å². The van der Waals surface area contributed by atoms with E-state index in [-0.39, 0.29) is 0 Å². The summed E-state index contributed by atoms with van der Waals surface area (Å²) in [5.74, 6) is 0.430. The van der Waals surface area contributed by atoms with E-state index in [0.717, 1.165) is 25.9 Å². The molecule has 0 radical (unpaired) electrons. The summed E-state index contributed by atoms with van der Waals surface area (Å²) in [7, 11) is -0.0830. The van der Waals surface area contributed by atoms with E-state index in [0.29, 0.717) is 25.0 Å². The van der Waals surface area contributed by atoms with Gasteiger partial charge < -0.3 is 0 Å². The van der Waals surface area contributed by atoms with E-state index in [1.807, 2.05) is 0 Å². The standard InChI is InChI=1S/C17H27N3O2S2/c1-18(2)24(21,22)20-11-14-8-9-16(13-20)19(10-14)12-15-6-4-5-7-17(15)23-3/h4-7,14,16H,8-13H2,1-3H3. The van der Waals surface area contributed by atoms with Gasteiger partial charge in [-0.2, -0.15) is 17.0 Å². The minimum absolute atomic E-state index is 0.313. The molecule has 3 heterocycles. The summed E-state index contributed by atoms with van der Waals surface area (Å²) in [4.78, 5) is 3.81. The van der Waals surface area contributed by atoms with E-state index >= 15 is 0 Å². The van der Waals surface area contributed by atoms with Crippen molar-refractivity contribution in [3.05, 3.63) is 29.8 Å². The van der Waals surface area contributed by atoms with Crippen LogP contribution in [0.3, 0.4) is 0 Å². The SMILES string of the molecule is CSc1ccccc1CN1CC2CCC1CN(S(=O)(=O)N(C)C)C2. The van der Waals surface area contributed by atoms with Gasteiger partial charge >= 0.3 is 0 Å². The van der Waals surface area contributed by atoms with Gasteiger partial charge in [-0.05, 0) is 36.6 Å². The molecule has 0 aromatic heterocycles. The lowest BCUT2D eigenvalue weighted by molar-refractivity contribution is 0.124. The molecule has 2 bridgehead atoms. The Morgan fingerprint density at radius 2 is 1.92 bits per heavy atom. The fraction of sp³-hybridized carbons (Fsp3) is 0.647. The highest BCUT2D eigenvalue weighted by atomic mass is 32.2. The average molecular weight is 370 g/mol. The van der Waals surface area contributed by atoms with Crippen molar-refractivity contribution in [3.8, 4) is 0 Å². The van der Waals surface area contributed by atoms with Crippen LogP contribution in [0, 0.1) is 5.92 Å². The van der Waals surface area contributed by atoms with Crippen molar-refractivity contribution in [1.82, 2.24) is 13.5 Å². The second-order valence-corrected chi connectivity index (χ2v) is 9.94. The first kappa shape index (κ1) is 18.2. The van der Waals surface area contributed by atoms with E-state index in [4.69, 9.17) is 0 Å². The van der Waals surface area contributed by atoms with Crippen LogP contribution in [0.4, 0.5) is 0 Å². The van der Waals surface area contributed by atoms with Crippen molar-refractivity contribution in [2.75, 3.05) is 40.0 Å². The van der Waals surface area contributed by atoms with Crippen molar-refractivity contribution in [2.24, 2.45) is 5.92 Å². The van der Waals surface area contributed by atoms with Crippen molar-refractivity contribution in [2.45, 2.75) is 30.3 Å². The third kappa shape index (κ3) is 3.65. The fourth-order valence-electron chi connectivity index (χ4n) is 3.80. The van der Waals surface area contributed by atoms with Gasteiger partial charge in [0.1, 0.15) is 0 Å². The monoisotopic (exact) mass is 369 g/mol. The molecule has 3 fully saturated rings. The summed E-state index contributed by atoms with van der Waals surface area (Å²) < 4.78 is 28.1. The average Bonchev–Trinajstić information content (AvgIpc) is 2.87. The highest BCUT2D eigenvalue weighted by molar-refractivity contribution is 7.98. The van der Waals surface area contributed by atoms with Crippen LogP contribution in [0.2, 0.25) is 0 Å². The van der Waals surface area contributed by atoms with Crippen LogP contribution in [0.5, 0.6) is 0 Å². The van der Waals surface area contributed by atoms with Crippen molar-refractivity contribution in [3.63, 3.8) is 0 Å². The predicted molar refractivity (Wildman–Crippen MR) is 99.3 cm³/mol. The lowest BCUT2D eigenvalue weighted by Crippen LogP contribution is -2.45. The van der Waals surface area contributed by atoms with E-state index in [1.54, 1.807) is 30.2 Å². The lowest BCUT2D eigenvalue weighted by atomic mass is 9.94. The fourth-order valence-corrected chi connectivity index (χ4v) is 5.63. The third-order valence-electron chi connectivity index (χ3n) is 5.15. The normalized spacial score (nSPS) is 26.0. The first-order chi connectivity index (χ1) is 11.4. The summed E-state index contributed by atoms with van der Waals surface area (Å²) in [5, 5.41) is 0. The minimum Gasteiger partial charge on any atom is -0.294 e. The van der Waals surface area contributed by atoms with Crippen molar-refractivity contribution >= 4 is 22.0 Å². The van der Waals surface area contributed by atoms with E-state index in [1.165, 1.54) is 14.8 Å². The first-order valence-electron chi connectivity index (χ1n) is 8.45. The Kier molecular flexibility index (Phi) is 5.56. The molecular weight excluding hydrogens is 342 g/mol. The Labute approximate surface area is 150 Å². The third-order valence-corrected chi connectivity index (χ3v) is 7.86. The van der Waals surface area contributed by atoms with Gasteiger partial charge in [0.25, 0.3) is 10.2 Å². The van der Waals surface area contributed by atoms with Crippen LogP contribution in [0.15, 0.2) is 29.2 Å². The number of thioether (sulfide) groups is 1. The molecule has 0 amide bonds. The highest BCUT2D eigenvalue weighted by Crippen LogP contribution is 2.32. The summed E-state index contributed by atoms with van der Waals surface area (Å²) in [6.45, 7) is 3.16. The van der Waals surface area contributed by atoms with Crippen LogP contribution in [0.1, 0.15) is 18.4 Å². The molecule has 3 aliphatic heterocycles. The van der Waals surface area contributed by atoms with E-state index in [2.05, 4.69) is 35.4 Å². The predicted octanol–water partition coefficient (Wildman–Crippen LogP) is 2.11. The number of nitrogens with zero attached hydrogens (tertiary/aromatic N) is 3. The molecule has 0 aliphatic carbocycles. The smallest absolute Gasteiger partial charge is 0.281 e. The summed E-state index contributed by atoms with van der Waals surface area (Å²) >= 11 is 1.78. The van der Waals surface area contributed by atoms with Gasteiger partial charge in [0.2, 0.25) is 0 Å². The van der Waals surface area contributed by atoms with Gasteiger partial charge in [-0.1, -0.05) is 18.2 Å². The van der Waals surface area contributed by atoms with E-state index in [9.17, 15) is 8.42 Å². The largest absolute Gasteiger partial charge is 0.294 e. The topological polar surface area (TPSA) is 43.9 Å². The molecule has 24 heavy (non-hydrogen) atoms. The molecule has 2 unspecified atom stereocenters. The number of fused-ring (bicyclic) bond motifs is 4. The number of hydrogen-bond acceptors (Lipinski definition) is 4. The van der Waals surface area contributed by atoms with Crippen LogP contribution < -0.4 is 0 Å². The molecule has 3 aliphatic rings. The molecule has 3 saturated heterocycles. The number of piperidine rings is 1. The Bertz CT molecular complexity index is 678. The maximum atomic E-state index is 12.6. The minimum atomic E-state index is -3.32. The second-order valence-electron chi connectivity index (χ2n) is 6.95. The molecule has 0 saturated carbocycles. The second kappa shape index (κ2) is 7.33. The van der Waals surface area contributed by atoms with Gasteiger partial charge in [0.05, 0.1) is 0 Å². The van der Waals surface area contributed by atoms with Crippen LogP contribution in [-0.2, 0) is 16.8 Å². The molecule has 0 spiro atoms. The van der Waals surface area contributed by atoms with Crippen LogP contribution in [-0.4, -0.2) is 68.0 Å². The molecular formula is C17H27N3O2S2. The molecule has 0 N–H and O–H groups in total. The molecule has 5 nitrogen and oxygen atoms in total. The van der Waals surface area contributed by atoms with Gasteiger partial charge in [-0.15, -0.1) is 11.8 Å². The number of benzene rings is 1. The lowest BCUT2D eigenvalue weighted by Gasteiger charge is -2.36. The first-order valence-corrected chi connectivity index (χ1v) is 11.1. The molecule has 134 valence electrons. The maximum absolute atomic E-state index is 12.6. The highest BCUT2D eigenvalue weighted by Gasteiger charge is 2.39. The zero-order chi connectivity index (χ0) is 17.3. The molecule has 7 heteroatoms. The Morgan fingerprint density at radius 3 is 2.62 bits per heavy atom.